The fourth-order valence-corrected chi connectivity index (χ4v) is 5.11. The number of aromatic nitrogens is 2. The Morgan fingerprint density at radius 2 is 1.76 bits per heavy atom. The molecule has 1 aromatic heterocycles. The van der Waals surface area contributed by atoms with E-state index in [4.69, 9.17) is 31.5 Å². The summed E-state index contributed by atoms with van der Waals surface area (Å²) in [4.78, 5) is 4.83. The molecule has 0 saturated carbocycles. The average molecular weight is 492 g/mol. The number of halogens is 2. The maximum absolute atomic E-state index is 14.3. The summed E-state index contributed by atoms with van der Waals surface area (Å²) < 4.78 is 27.1. The van der Waals surface area contributed by atoms with Crippen molar-refractivity contribution in [2.24, 2.45) is 0 Å². The number of methoxy groups -OCH3 is 2. The smallest absolute Gasteiger partial charge is 0.170 e. The second-order valence-electron chi connectivity index (χ2n) is 7.88. The maximum atomic E-state index is 14.3. The molecular formula is C25H31ClFN3O2S. The molecule has 1 heterocycles. The van der Waals surface area contributed by atoms with Gasteiger partial charge in [0.25, 0.3) is 0 Å². The Labute approximate surface area is 203 Å². The summed E-state index contributed by atoms with van der Waals surface area (Å²) in [5.74, 6) is 1.10. The predicted molar refractivity (Wildman–Crippen MR) is 133 cm³/mol. The quantitative estimate of drug-likeness (QED) is 0.169. The van der Waals surface area contributed by atoms with Gasteiger partial charge in [0.05, 0.1) is 19.7 Å². The van der Waals surface area contributed by atoms with Gasteiger partial charge in [0.1, 0.15) is 11.3 Å². The van der Waals surface area contributed by atoms with E-state index in [0.29, 0.717) is 55.9 Å². The number of hydrogen-bond acceptors (Lipinski definition) is 5. The first-order valence-electron chi connectivity index (χ1n) is 11.3. The third-order valence-corrected chi connectivity index (χ3v) is 6.97. The van der Waals surface area contributed by atoms with E-state index >= 15 is 0 Å². The molecule has 0 unspecified atom stereocenters. The Kier molecular flexibility index (Phi) is 9.44. The first-order chi connectivity index (χ1) is 16.0. The minimum atomic E-state index is -0.337. The number of hydrogen-bond donors (Lipinski definition) is 1. The SMILES string of the molecule is CCCCCCCCn1c(SCc2c(F)cccc2Cl)nc2cc(OC)c(OC)cc2c1=N. The summed E-state index contributed by atoms with van der Waals surface area (Å²) in [6.07, 6.45) is 6.93. The van der Waals surface area contributed by atoms with E-state index in [2.05, 4.69) is 6.92 Å². The van der Waals surface area contributed by atoms with E-state index in [9.17, 15) is 4.39 Å². The van der Waals surface area contributed by atoms with E-state index in [0.717, 1.165) is 12.8 Å². The van der Waals surface area contributed by atoms with Gasteiger partial charge in [-0.2, -0.15) is 0 Å². The summed E-state index contributed by atoms with van der Waals surface area (Å²) in [5.41, 5.74) is 1.44. The molecule has 0 aliphatic heterocycles. The highest BCUT2D eigenvalue weighted by Gasteiger charge is 2.15. The Bertz CT molecular complexity index is 1130. The molecule has 0 fully saturated rings. The largest absolute Gasteiger partial charge is 0.493 e. The zero-order valence-electron chi connectivity index (χ0n) is 19.4. The summed E-state index contributed by atoms with van der Waals surface area (Å²) in [5, 5.41) is 10.6. The lowest BCUT2D eigenvalue weighted by atomic mass is 10.1. The predicted octanol–water partition coefficient (Wildman–Crippen LogP) is 6.98. The summed E-state index contributed by atoms with van der Waals surface area (Å²) in [7, 11) is 3.15. The molecule has 1 N–H and O–H groups in total. The first-order valence-corrected chi connectivity index (χ1v) is 12.6. The van der Waals surface area contributed by atoms with E-state index in [-0.39, 0.29) is 5.82 Å². The molecule has 0 aliphatic rings. The lowest BCUT2D eigenvalue weighted by molar-refractivity contribution is 0.355. The van der Waals surface area contributed by atoms with Gasteiger partial charge in [0, 0.05) is 34.3 Å². The highest BCUT2D eigenvalue weighted by Crippen LogP contribution is 2.32. The van der Waals surface area contributed by atoms with Crippen LogP contribution in [0.3, 0.4) is 0 Å². The topological polar surface area (TPSA) is 60.1 Å². The van der Waals surface area contributed by atoms with Crippen molar-refractivity contribution in [1.82, 2.24) is 9.55 Å². The molecule has 0 saturated heterocycles. The molecule has 2 aromatic carbocycles. The van der Waals surface area contributed by atoms with Crippen molar-refractivity contribution in [1.29, 1.82) is 5.41 Å². The maximum Gasteiger partial charge on any atom is 0.170 e. The van der Waals surface area contributed by atoms with Crippen molar-refractivity contribution in [3.8, 4) is 11.5 Å². The van der Waals surface area contributed by atoms with Crippen LogP contribution < -0.4 is 15.0 Å². The highest BCUT2D eigenvalue weighted by molar-refractivity contribution is 7.98. The second kappa shape index (κ2) is 12.3. The third kappa shape index (κ3) is 6.21. The molecule has 0 aliphatic carbocycles. The molecule has 5 nitrogen and oxygen atoms in total. The monoisotopic (exact) mass is 491 g/mol. The van der Waals surface area contributed by atoms with Crippen LogP contribution in [0, 0.1) is 11.2 Å². The standard InChI is InChI=1S/C25H31ClFN3O2S/c1-4-5-6-7-8-9-13-30-24(28)17-14-22(31-2)23(32-3)15-21(17)29-25(30)33-16-18-19(26)11-10-12-20(18)27/h10-12,14-15,28H,4-9,13,16H2,1-3H3. The van der Waals surface area contributed by atoms with E-state index < -0.39 is 0 Å². The fourth-order valence-electron chi connectivity index (χ4n) is 3.73. The van der Waals surface area contributed by atoms with Crippen molar-refractivity contribution < 1.29 is 13.9 Å². The van der Waals surface area contributed by atoms with Crippen molar-refractivity contribution >= 4 is 34.3 Å². The normalized spacial score (nSPS) is 11.2. The number of nitrogens with zero attached hydrogens (tertiary/aromatic N) is 2. The van der Waals surface area contributed by atoms with E-state index in [1.54, 1.807) is 38.5 Å². The summed E-state index contributed by atoms with van der Waals surface area (Å²) in [6, 6.07) is 8.27. The Balaban J connectivity index is 1.96. The molecule has 0 amide bonds. The molecule has 33 heavy (non-hydrogen) atoms. The number of nitrogens with one attached hydrogen (secondary N) is 1. The van der Waals surface area contributed by atoms with Crippen LogP contribution in [0.4, 0.5) is 4.39 Å². The number of ether oxygens (including phenoxy) is 2. The Hall–Kier alpha value is -2.25. The zero-order chi connectivity index (χ0) is 23.8. The molecule has 8 heteroatoms. The van der Waals surface area contributed by atoms with Crippen LogP contribution in [0.1, 0.15) is 51.0 Å². The van der Waals surface area contributed by atoms with Crippen LogP contribution in [0.15, 0.2) is 35.5 Å². The first kappa shape index (κ1) is 25.4. The van der Waals surface area contributed by atoms with Crippen LogP contribution in [-0.4, -0.2) is 23.8 Å². The van der Waals surface area contributed by atoms with Gasteiger partial charge in [-0.05, 0) is 24.6 Å². The van der Waals surface area contributed by atoms with Crippen LogP contribution in [-0.2, 0) is 12.3 Å². The number of unbranched alkanes of at least 4 members (excludes halogenated alkanes) is 5. The molecule has 0 radical (unpaired) electrons. The van der Waals surface area contributed by atoms with Crippen molar-refractivity contribution in [2.75, 3.05) is 14.2 Å². The zero-order valence-corrected chi connectivity index (χ0v) is 21.0. The van der Waals surface area contributed by atoms with Gasteiger partial charge >= 0.3 is 0 Å². The van der Waals surface area contributed by atoms with Crippen LogP contribution in [0.2, 0.25) is 5.02 Å². The van der Waals surface area contributed by atoms with Crippen LogP contribution >= 0.6 is 23.4 Å². The molecular weight excluding hydrogens is 461 g/mol. The molecule has 0 bridgehead atoms. The van der Waals surface area contributed by atoms with Crippen LogP contribution in [0.5, 0.6) is 11.5 Å². The van der Waals surface area contributed by atoms with Gasteiger partial charge in [-0.25, -0.2) is 9.37 Å². The molecule has 3 aromatic rings. The highest BCUT2D eigenvalue weighted by atomic mass is 35.5. The van der Waals surface area contributed by atoms with Gasteiger partial charge in [0.15, 0.2) is 16.7 Å². The molecule has 0 spiro atoms. The Morgan fingerprint density at radius 1 is 1.06 bits per heavy atom. The van der Waals surface area contributed by atoms with Gasteiger partial charge in [0.2, 0.25) is 0 Å². The lowest BCUT2D eigenvalue weighted by Crippen LogP contribution is -2.24. The van der Waals surface area contributed by atoms with Gasteiger partial charge in [-0.15, -0.1) is 0 Å². The van der Waals surface area contributed by atoms with Crippen molar-refractivity contribution in [3.05, 3.63) is 52.2 Å². The minimum absolute atomic E-state index is 0.327. The lowest BCUT2D eigenvalue weighted by Gasteiger charge is -2.16. The van der Waals surface area contributed by atoms with Gasteiger partial charge < -0.3 is 14.0 Å². The minimum Gasteiger partial charge on any atom is -0.493 e. The molecule has 0 atom stereocenters. The van der Waals surface area contributed by atoms with E-state index in [1.807, 2.05) is 4.57 Å². The number of benzene rings is 2. The number of fused-ring (bicyclic) bond motifs is 1. The summed E-state index contributed by atoms with van der Waals surface area (Å²) in [6.45, 7) is 2.88. The number of thioether (sulfide) groups is 1. The van der Waals surface area contributed by atoms with Crippen molar-refractivity contribution in [3.63, 3.8) is 0 Å². The van der Waals surface area contributed by atoms with Crippen LogP contribution in [0.25, 0.3) is 10.9 Å². The second-order valence-corrected chi connectivity index (χ2v) is 9.23. The average Bonchev–Trinajstić information content (AvgIpc) is 2.81. The third-order valence-electron chi connectivity index (χ3n) is 5.62. The molecule has 178 valence electrons. The van der Waals surface area contributed by atoms with Gasteiger partial charge in [-0.1, -0.05) is 68.5 Å². The number of rotatable bonds is 12. The Morgan fingerprint density at radius 3 is 2.45 bits per heavy atom. The molecule has 3 rings (SSSR count). The van der Waals surface area contributed by atoms with Gasteiger partial charge in [-0.3, -0.25) is 5.41 Å². The fraction of sp³-hybridized carbons (Fsp3) is 0.440. The summed E-state index contributed by atoms with van der Waals surface area (Å²) >= 11 is 7.62. The van der Waals surface area contributed by atoms with Crippen molar-refractivity contribution in [2.45, 2.75) is 62.9 Å². The van der Waals surface area contributed by atoms with E-state index in [1.165, 1.54) is 43.5 Å².